The van der Waals surface area contributed by atoms with Gasteiger partial charge in [0.05, 0.1) is 7.11 Å². The maximum Gasteiger partial charge on any atom is 0.298 e. The molecule has 2 aromatic carbocycles. The summed E-state index contributed by atoms with van der Waals surface area (Å²) in [6, 6.07) is 8.27. The monoisotopic (exact) mass is 594 g/mol. The van der Waals surface area contributed by atoms with Crippen LogP contribution in [0.5, 0.6) is 11.5 Å². The van der Waals surface area contributed by atoms with Crippen molar-refractivity contribution in [2.24, 2.45) is 0 Å². The highest BCUT2D eigenvalue weighted by atomic mass is 16.5. The Morgan fingerprint density at radius 2 is 0.907 bits per heavy atom. The lowest BCUT2D eigenvalue weighted by atomic mass is 9.78. The highest BCUT2D eigenvalue weighted by Gasteiger charge is 2.29. The van der Waals surface area contributed by atoms with E-state index in [9.17, 15) is 14.4 Å². The smallest absolute Gasteiger partial charge is 0.298 e. The Balaban J connectivity index is 2.11. The van der Waals surface area contributed by atoms with Gasteiger partial charge in [0.1, 0.15) is 11.5 Å². The van der Waals surface area contributed by atoms with Crippen molar-refractivity contribution >= 4 is 18.3 Å². The Kier molecular flexibility index (Phi) is 11.3. The van der Waals surface area contributed by atoms with E-state index in [1.807, 2.05) is 12.1 Å². The van der Waals surface area contributed by atoms with Crippen LogP contribution in [0, 0.1) is 0 Å². The fourth-order valence-electron chi connectivity index (χ4n) is 5.07. The van der Waals surface area contributed by atoms with E-state index in [0.29, 0.717) is 25.1 Å². The molecular weight excluding hydrogens is 540 g/mol. The largest absolute Gasteiger partial charge is 0.496 e. The van der Waals surface area contributed by atoms with E-state index in [-0.39, 0.29) is 46.3 Å². The molecule has 0 unspecified atom stereocenters. The molecule has 0 atom stereocenters. The van der Waals surface area contributed by atoms with Crippen LogP contribution in [0.15, 0.2) is 24.3 Å². The Labute approximate surface area is 259 Å². The minimum absolute atomic E-state index is 0.124. The maximum atomic E-state index is 12.7. The van der Waals surface area contributed by atoms with Crippen LogP contribution in [-0.2, 0) is 48.9 Å². The predicted molar refractivity (Wildman–Crippen MR) is 174 cm³/mol. The fourth-order valence-corrected chi connectivity index (χ4v) is 5.07. The molecule has 0 fully saturated rings. The Hall–Kier alpha value is -3.35. The van der Waals surface area contributed by atoms with Gasteiger partial charge < -0.3 is 9.47 Å². The summed E-state index contributed by atoms with van der Waals surface area (Å²) < 4.78 is 11.3. The second-order valence-corrected chi connectivity index (χ2v) is 15.6. The molecule has 0 radical (unpaired) electrons. The first kappa shape index (κ1) is 35.8. The van der Waals surface area contributed by atoms with Gasteiger partial charge >= 0.3 is 0 Å². The number of carbonyl (C=O) groups is 3. The lowest BCUT2D eigenvalue weighted by molar-refractivity contribution is -0.128. The molecule has 0 aliphatic rings. The first-order valence-corrected chi connectivity index (χ1v) is 15.2. The molecule has 0 saturated heterocycles. The number of nitrogens with one attached hydrogen (secondary N) is 2. The molecule has 0 aliphatic heterocycles. The van der Waals surface area contributed by atoms with E-state index in [4.69, 9.17) is 9.47 Å². The van der Waals surface area contributed by atoms with Gasteiger partial charge in [0.25, 0.3) is 6.47 Å². The molecule has 2 amide bonds. The average molecular weight is 595 g/mol. The van der Waals surface area contributed by atoms with Gasteiger partial charge in [0.15, 0.2) is 0 Å². The Morgan fingerprint density at radius 1 is 0.605 bits per heavy atom. The first-order valence-electron chi connectivity index (χ1n) is 15.2. The lowest BCUT2D eigenvalue weighted by Crippen LogP contribution is -2.41. The van der Waals surface area contributed by atoms with Crippen LogP contribution in [0.2, 0.25) is 0 Å². The van der Waals surface area contributed by atoms with Crippen LogP contribution in [0.3, 0.4) is 0 Å². The second kappa shape index (κ2) is 13.5. The van der Waals surface area contributed by atoms with Gasteiger partial charge in [-0.25, -0.2) is 0 Å². The lowest BCUT2D eigenvalue weighted by Gasteiger charge is -2.30. The number of hydrogen-bond acceptors (Lipinski definition) is 5. The number of rotatable bonds is 9. The summed E-state index contributed by atoms with van der Waals surface area (Å²) in [7, 11) is 1.71. The zero-order chi connectivity index (χ0) is 33.0. The summed E-state index contributed by atoms with van der Waals surface area (Å²) in [4.78, 5) is 36.7. The number of amides is 2. The molecule has 0 saturated carbocycles. The average Bonchev–Trinajstić information content (AvgIpc) is 2.87. The van der Waals surface area contributed by atoms with Crippen LogP contribution < -0.4 is 20.3 Å². The van der Waals surface area contributed by atoms with Crippen LogP contribution in [-0.4, -0.2) is 25.4 Å². The summed E-state index contributed by atoms with van der Waals surface area (Å²) in [5.74, 6) is 0.956. The van der Waals surface area contributed by atoms with Gasteiger partial charge in [-0.3, -0.25) is 25.2 Å². The summed E-state index contributed by atoms with van der Waals surface area (Å²) in [6.45, 7) is 25.8. The number of benzene rings is 2. The molecule has 7 nitrogen and oxygen atoms in total. The van der Waals surface area contributed by atoms with Crippen molar-refractivity contribution in [3.05, 3.63) is 57.6 Å². The van der Waals surface area contributed by atoms with Crippen molar-refractivity contribution in [1.82, 2.24) is 10.9 Å². The van der Waals surface area contributed by atoms with Gasteiger partial charge in [-0.05, 0) is 45.6 Å². The Bertz CT molecular complexity index is 1250. The van der Waals surface area contributed by atoms with Crippen molar-refractivity contribution in [3.8, 4) is 11.5 Å². The molecular formula is C36H54N2O5. The molecule has 2 rings (SSSR count). The van der Waals surface area contributed by atoms with Gasteiger partial charge in [0, 0.05) is 35.1 Å². The number of ether oxygens (including phenoxy) is 2. The Morgan fingerprint density at radius 3 is 1.16 bits per heavy atom. The molecule has 7 heteroatoms. The van der Waals surface area contributed by atoms with Crippen molar-refractivity contribution in [1.29, 1.82) is 0 Å². The molecule has 0 bridgehead atoms. The second-order valence-electron chi connectivity index (χ2n) is 15.6. The van der Waals surface area contributed by atoms with Crippen molar-refractivity contribution in [3.63, 3.8) is 0 Å². The summed E-state index contributed by atoms with van der Waals surface area (Å²) in [5.41, 5.74) is 10.4. The molecule has 0 spiro atoms. The molecule has 238 valence electrons. The first-order chi connectivity index (χ1) is 19.6. The minimum Gasteiger partial charge on any atom is -0.496 e. The topological polar surface area (TPSA) is 93.7 Å². The van der Waals surface area contributed by atoms with E-state index >= 15 is 0 Å². The SMILES string of the molecule is COc1c(C(C)(C)C)cc(CCC(=O)NNC(=O)CCc2cc(C(C)(C)C)c(OC=O)c(C(C)(C)C)c2)cc1C(C)(C)C. The minimum atomic E-state index is -0.273. The zero-order valence-corrected chi connectivity index (χ0v) is 28.8. The van der Waals surface area contributed by atoms with Crippen LogP contribution in [0.4, 0.5) is 0 Å². The zero-order valence-electron chi connectivity index (χ0n) is 28.8. The van der Waals surface area contributed by atoms with Crippen molar-refractivity contribution < 1.29 is 23.9 Å². The van der Waals surface area contributed by atoms with Crippen molar-refractivity contribution in [2.75, 3.05) is 7.11 Å². The number of aryl methyl sites for hydroxylation is 2. The number of methoxy groups -OCH3 is 1. The summed E-state index contributed by atoms with van der Waals surface area (Å²) in [6.07, 6.45) is 1.45. The standard InChI is InChI=1S/C36H54N2O5/c1-33(2,3)25-18-23(19-26(31(25)42-13)34(4,5)6)14-16-29(40)37-38-30(41)17-15-24-20-27(35(7,8)9)32(43-22-39)28(21-24)36(10,11)12/h18-22H,14-17H2,1-13H3,(H,37,40)(H,38,41). The molecule has 2 N–H and O–H groups in total. The highest BCUT2D eigenvalue weighted by Crippen LogP contribution is 2.42. The predicted octanol–water partition coefficient (Wildman–Crippen LogP) is 7.13. The van der Waals surface area contributed by atoms with E-state index in [1.165, 1.54) is 0 Å². The van der Waals surface area contributed by atoms with E-state index in [0.717, 1.165) is 39.1 Å². The molecule has 43 heavy (non-hydrogen) atoms. The fraction of sp³-hybridized carbons (Fsp3) is 0.583. The van der Waals surface area contributed by atoms with Gasteiger partial charge in [0.2, 0.25) is 11.8 Å². The third-order valence-corrected chi connectivity index (χ3v) is 7.52. The molecule has 0 aromatic heterocycles. The van der Waals surface area contributed by atoms with Gasteiger partial charge in [-0.2, -0.15) is 0 Å². The van der Waals surface area contributed by atoms with E-state index in [1.54, 1.807) is 7.11 Å². The normalized spacial score (nSPS) is 12.5. The van der Waals surface area contributed by atoms with Crippen LogP contribution >= 0.6 is 0 Å². The number of hydrogen-bond donors (Lipinski definition) is 2. The summed E-state index contributed by atoms with van der Waals surface area (Å²) >= 11 is 0. The highest BCUT2D eigenvalue weighted by molar-refractivity contribution is 5.82. The number of hydrazine groups is 1. The third kappa shape index (κ3) is 9.84. The van der Waals surface area contributed by atoms with Crippen molar-refractivity contribution in [2.45, 2.75) is 130 Å². The van der Waals surface area contributed by atoms with Gasteiger partial charge in [-0.15, -0.1) is 0 Å². The van der Waals surface area contributed by atoms with Crippen LogP contribution in [0.1, 0.15) is 129 Å². The summed E-state index contributed by atoms with van der Waals surface area (Å²) in [5, 5.41) is 0. The maximum absolute atomic E-state index is 12.7. The molecule has 0 aliphatic carbocycles. The van der Waals surface area contributed by atoms with Gasteiger partial charge in [-0.1, -0.05) is 107 Å². The van der Waals surface area contributed by atoms with E-state index < -0.39 is 0 Å². The van der Waals surface area contributed by atoms with E-state index in [2.05, 4.69) is 106 Å². The van der Waals surface area contributed by atoms with Crippen LogP contribution in [0.25, 0.3) is 0 Å². The quantitative estimate of drug-likeness (QED) is 0.238. The molecule has 0 heterocycles. The molecule has 2 aromatic rings. The third-order valence-electron chi connectivity index (χ3n) is 7.52. The number of carbonyl (C=O) groups excluding carboxylic acids is 3.